The Labute approximate surface area is 154 Å². The minimum absolute atomic E-state index is 0.0396. The fraction of sp³-hybridized carbons (Fsp3) is 0. The molecule has 5 nitrogen and oxygen atoms in total. The minimum atomic E-state index is -4.04. The molecular weight excluding hydrogens is 362 g/mol. The van der Waals surface area contributed by atoms with Gasteiger partial charge in [-0.05, 0) is 36.4 Å². The van der Waals surface area contributed by atoms with E-state index in [0.717, 1.165) is 21.7 Å². The van der Waals surface area contributed by atoms with Gasteiger partial charge in [0.2, 0.25) is 0 Å². The van der Waals surface area contributed by atoms with Crippen molar-refractivity contribution in [3.8, 4) is 5.75 Å². The average Bonchev–Trinajstić information content (AvgIpc) is 3.05. The molecule has 0 saturated heterocycles. The lowest BCUT2D eigenvalue weighted by atomic mass is 10.1. The van der Waals surface area contributed by atoms with Gasteiger partial charge in [-0.25, -0.2) is 0 Å². The second kappa shape index (κ2) is 5.82. The van der Waals surface area contributed by atoms with Crippen LogP contribution in [0.15, 0.2) is 88.3 Å². The SMILES string of the molecule is O=S(=O)(Oc1ccc2oc3ccccc3c2c1)c1cccc2cccnc12. The van der Waals surface area contributed by atoms with Gasteiger partial charge in [0.25, 0.3) is 0 Å². The zero-order chi connectivity index (χ0) is 18.4. The second-order valence-electron chi connectivity index (χ2n) is 6.12. The van der Waals surface area contributed by atoms with Gasteiger partial charge in [-0.1, -0.05) is 36.4 Å². The summed E-state index contributed by atoms with van der Waals surface area (Å²) >= 11 is 0. The third-order valence-electron chi connectivity index (χ3n) is 4.42. The van der Waals surface area contributed by atoms with Crippen LogP contribution in [0, 0.1) is 0 Å². The molecule has 0 saturated carbocycles. The summed E-state index contributed by atoms with van der Waals surface area (Å²) < 4.78 is 36.9. The van der Waals surface area contributed by atoms with Crippen molar-refractivity contribution in [2.75, 3.05) is 0 Å². The van der Waals surface area contributed by atoms with Gasteiger partial charge in [0.05, 0.1) is 5.52 Å². The number of nitrogens with zero attached hydrogens (tertiary/aromatic N) is 1. The van der Waals surface area contributed by atoms with Crippen LogP contribution in [0.5, 0.6) is 5.75 Å². The largest absolute Gasteiger partial charge is 0.456 e. The van der Waals surface area contributed by atoms with E-state index < -0.39 is 10.1 Å². The van der Waals surface area contributed by atoms with Crippen LogP contribution in [0.2, 0.25) is 0 Å². The third-order valence-corrected chi connectivity index (χ3v) is 5.70. The molecule has 0 N–H and O–H groups in total. The minimum Gasteiger partial charge on any atom is -0.456 e. The molecule has 3 aromatic carbocycles. The lowest BCUT2D eigenvalue weighted by Crippen LogP contribution is -2.10. The molecule has 5 aromatic rings. The maximum atomic E-state index is 12.9. The van der Waals surface area contributed by atoms with Crippen molar-refractivity contribution < 1.29 is 17.0 Å². The third kappa shape index (κ3) is 2.62. The summed E-state index contributed by atoms with van der Waals surface area (Å²) in [6.45, 7) is 0. The predicted molar refractivity (Wildman–Crippen MR) is 103 cm³/mol. The van der Waals surface area contributed by atoms with E-state index in [1.54, 1.807) is 36.5 Å². The van der Waals surface area contributed by atoms with Crippen LogP contribution in [-0.4, -0.2) is 13.4 Å². The van der Waals surface area contributed by atoms with Gasteiger partial charge in [0, 0.05) is 22.4 Å². The molecule has 0 aliphatic heterocycles. The monoisotopic (exact) mass is 375 g/mol. The van der Waals surface area contributed by atoms with E-state index in [4.69, 9.17) is 8.60 Å². The number of furan rings is 1. The first-order valence-corrected chi connectivity index (χ1v) is 9.72. The number of hydrogen-bond donors (Lipinski definition) is 0. The second-order valence-corrected chi connectivity index (χ2v) is 7.64. The molecule has 132 valence electrons. The summed E-state index contributed by atoms with van der Waals surface area (Å²) in [5, 5.41) is 2.44. The van der Waals surface area contributed by atoms with Gasteiger partial charge in [0.15, 0.2) is 0 Å². The summed E-state index contributed by atoms with van der Waals surface area (Å²) in [4.78, 5) is 4.24. The predicted octanol–water partition coefficient (Wildman–Crippen LogP) is 4.90. The molecule has 0 amide bonds. The van der Waals surface area contributed by atoms with E-state index in [1.165, 1.54) is 6.07 Å². The first-order valence-electron chi connectivity index (χ1n) is 8.31. The Morgan fingerprint density at radius 2 is 1.63 bits per heavy atom. The van der Waals surface area contributed by atoms with Gasteiger partial charge in [-0.15, -0.1) is 0 Å². The fourth-order valence-corrected chi connectivity index (χ4v) is 4.31. The topological polar surface area (TPSA) is 69.4 Å². The van der Waals surface area contributed by atoms with Gasteiger partial charge < -0.3 is 8.60 Å². The number of aromatic nitrogens is 1. The van der Waals surface area contributed by atoms with Crippen molar-refractivity contribution in [2.24, 2.45) is 0 Å². The van der Waals surface area contributed by atoms with Crippen molar-refractivity contribution >= 4 is 43.0 Å². The van der Waals surface area contributed by atoms with Crippen molar-refractivity contribution in [2.45, 2.75) is 4.90 Å². The standard InChI is InChI=1S/C21H13NO4S/c23-27(24,20-9-3-5-14-6-4-12-22-21(14)20)26-15-10-11-19-17(13-15)16-7-1-2-8-18(16)25-19/h1-13H. The molecule has 27 heavy (non-hydrogen) atoms. The molecule has 0 unspecified atom stereocenters. The van der Waals surface area contributed by atoms with Crippen molar-refractivity contribution in [3.63, 3.8) is 0 Å². The quantitative estimate of drug-likeness (QED) is 0.419. The van der Waals surface area contributed by atoms with Crippen LogP contribution in [0.1, 0.15) is 0 Å². The normalized spacial score (nSPS) is 12.0. The number of para-hydroxylation sites is 2. The number of benzene rings is 3. The maximum Gasteiger partial charge on any atom is 0.341 e. The highest BCUT2D eigenvalue weighted by Gasteiger charge is 2.21. The van der Waals surface area contributed by atoms with E-state index in [-0.39, 0.29) is 10.6 Å². The van der Waals surface area contributed by atoms with E-state index in [0.29, 0.717) is 11.1 Å². The Balaban J connectivity index is 1.62. The highest BCUT2D eigenvalue weighted by molar-refractivity contribution is 7.87. The molecule has 0 fully saturated rings. The van der Waals surface area contributed by atoms with Gasteiger partial charge in [-0.2, -0.15) is 8.42 Å². The van der Waals surface area contributed by atoms with E-state index in [2.05, 4.69) is 4.98 Å². The Morgan fingerprint density at radius 1 is 0.815 bits per heavy atom. The zero-order valence-electron chi connectivity index (χ0n) is 14.0. The average molecular weight is 375 g/mol. The molecule has 0 radical (unpaired) electrons. The number of hydrogen-bond acceptors (Lipinski definition) is 5. The zero-order valence-corrected chi connectivity index (χ0v) is 14.8. The summed E-state index contributed by atoms with van der Waals surface area (Å²) in [5.41, 5.74) is 1.80. The number of pyridine rings is 1. The lowest BCUT2D eigenvalue weighted by Gasteiger charge is -2.09. The van der Waals surface area contributed by atoms with Gasteiger partial charge in [-0.3, -0.25) is 4.98 Å². The Kier molecular flexibility index (Phi) is 3.42. The Hall–Kier alpha value is -3.38. The molecule has 0 bridgehead atoms. The molecule has 2 heterocycles. The highest BCUT2D eigenvalue weighted by atomic mass is 32.2. The smallest absolute Gasteiger partial charge is 0.341 e. The first-order chi connectivity index (χ1) is 13.1. The molecule has 0 spiro atoms. The summed E-state index contributed by atoms with van der Waals surface area (Å²) in [6.07, 6.45) is 1.56. The van der Waals surface area contributed by atoms with Crippen LogP contribution in [0.3, 0.4) is 0 Å². The van der Waals surface area contributed by atoms with Gasteiger partial charge in [0.1, 0.15) is 21.8 Å². The van der Waals surface area contributed by atoms with Crippen LogP contribution >= 0.6 is 0 Å². The molecular formula is C21H13NO4S. The molecule has 0 aliphatic carbocycles. The fourth-order valence-electron chi connectivity index (χ4n) is 3.21. The first kappa shape index (κ1) is 15.8. The molecule has 0 aliphatic rings. The lowest BCUT2D eigenvalue weighted by molar-refractivity contribution is 0.487. The van der Waals surface area contributed by atoms with Crippen molar-refractivity contribution in [1.82, 2.24) is 4.98 Å². The number of rotatable bonds is 3. The summed E-state index contributed by atoms with van der Waals surface area (Å²) in [5.74, 6) is 0.224. The Bertz CT molecular complexity index is 1420. The molecule has 0 atom stereocenters. The van der Waals surface area contributed by atoms with Gasteiger partial charge >= 0.3 is 10.1 Å². The van der Waals surface area contributed by atoms with Crippen LogP contribution < -0.4 is 4.18 Å². The van der Waals surface area contributed by atoms with Crippen molar-refractivity contribution in [1.29, 1.82) is 0 Å². The summed E-state index contributed by atoms with van der Waals surface area (Å²) in [7, 11) is -4.04. The molecule has 5 rings (SSSR count). The van der Waals surface area contributed by atoms with E-state index in [9.17, 15) is 8.42 Å². The maximum absolute atomic E-state index is 12.9. The molecule has 6 heteroatoms. The number of fused-ring (bicyclic) bond motifs is 4. The van der Waals surface area contributed by atoms with Crippen molar-refractivity contribution in [3.05, 3.63) is 79.0 Å². The van der Waals surface area contributed by atoms with E-state index >= 15 is 0 Å². The van der Waals surface area contributed by atoms with E-state index in [1.807, 2.05) is 36.4 Å². The molecule has 2 aromatic heterocycles. The summed E-state index contributed by atoms with van der Waals surface area (Å²) in [6, 6.07) is 21.1. The van der Waals surface area contributed by atoms with Crippen LogP contribution in [-0.2, 0) is 10.1 Å². The highest BCUT2D eigenvalue weighted by Crippen LogP contribution is 2.32. The van der Waals surface area contributed by atoms with Crippen LogP contribution in [0.4, 0.5) is 0 Å². The van der Waals surface area contributed by atoms with Crippen LogP contribution in [0.25, 0.3) is 32.8 Å². The Morgan fingerprint density at radius 3 is 2.56 bits per heavy atom.